The Morgan fingerprint density at radius 3 is 2.21 bits per heavy atom. The molecular weight excluding hydrogens is 350 g/mol. The molecule has 1 aromatic heterocycles. The van der Waals surface area contributed by atoms with E-state index in [0.29, 0.717) is 17.7 Å². The first kappa shape index (κ1) is 19.6. The summed E-state index contributed by atoms with van der Waals surface area (Å²) in [6.45, 7) is 8.80. The molecule has 0 saturated carbocycles. The van der Waals surface area contributed by atoms with Crippen LogP contribution >= 0.6 is 0 Å². The molecule has 0 radical (unpaired) electrons. The van der Waals surface area contributed by atoms with Crippen molar-refractivity contribution >= 4 is 11.7 Å². The van der Waals surface area contributed by atoms with Gasteiger partial charge >= 0.3 is 6.03 Å². The fourth-order valence-corrected chi connectivity index (χ4v) is 3.20. The molecule has 0 atom stereocenters. The maximum absolute atomic E-state index is 12.6. The van der Waals surface area contributed by atoms with E-state index in [1.165, 1.54) is 0 Å². The number of carbonyl (C=O) groups is 1. The minimum Gasteiger partial charge on any atom is -0.331 e. The van der Waals surface area contributed by atoms with Gasteiger partial charge in [0.15, 0.2) is 5.82 Å². The Morgan fingerprint density at radius 1 is 0.964 bits per heavy atom. The quantitative estimate of drug-likeness (QED) is 0.646. The van der Waals surface area contributed by atoms with Crippen molar-refractivity contribution in [2.75, 3.05) is 5.32 Å². The summed E-state index contributed by atoms with van der Waals surface area (Å²) in [4.78, 5) is 12.6. The predicted molar refractivity (Wildman–Crippen MR) is 112 cm³/mol. The molecular formula is C22H27N5O. The van der Waals surface area contributed by atoms with E-state index in [9.17, 15) is 4.79 Å². The fourth-order valence-electron chi connectivity index (χ4n) is 3.20. The first-order valence-corrected chi connectivity index (χ1v) is 9.59. The normalized spacial score (nSPS) is 11.1. The van der Waals surface area contributed by atoms with Crippen molar-refractivity contribution in [3.05, 3.63) is 71.8 Å². The molecule has 1 heterocycles. The smallest absolute Gasteiger partial charge is 0.319 e. The summed E-state index contributed by atoms with van der Waals surface area (Å²) in [5.41, 5.74) is 4.12. The lowest BCUT2D eigenvalue weighted by atomic mass is 9.93. The molecule has 0 aliphatic heterocycles. The number of para-hydroxylation sites is 2. The second-order valence-corrected chi connectivity index (χ2v) is 7.38. The SMILES string of the molecule is CC(C)c1cccc(C(C)C)c1NC(=O)NCc1nncn1-c1ccccc1. The van der Waals surface area contributed by atoms with Gasteiger partial charge in [-0.2, -0.15) is 0 Å². The van der Waals surface area contributed by atoms with Gasteiger partial charge in [-0.05, 0) is 35.1 Å². The van der Waals surface area contributed by atoms with Crippen LogP contribution in [0.4, 0.5) is 10.5 Å². The molecule has 0 fully saturated rings. The minimum atomic E-state index is -0.252. The van der Waals surface area contributed by atoms with Crippen LogP contribution in [-0.4, -0.2) is 20.8 Å². The van der Waals surface area contributed by atoms with Crippen LogP contribution in [0.1, 0.15) is 56.5 Å². The minimum absolute atomic E-state index is 0.252. The Labute approximate surface area is 166 Å². The lowest BCUT2D eigenvalue weighted by Crippen LogP contribution is -2.30. The van der Waals surface area contributed by atoms with Crippen LogP contribution in [0, 0.1) is 0 Å². The van der Waals surface area contributed by atoms with E-state index < -0.39 is 0 Å². The van der Waals surface area contributed by atoms with Crippen LogP contribution in [0.2, 0.25) is 0 Å². The maximum atomic E-state index is 12.6. The number of nitrogens with zero attached hydrogens (tertiary/aromatic N) is 3. The Morgan fingerprint density at radius 2 is 1.61 bits per heavy atom. The van der Waals surface area contributed by atoms with Crippen LogP contribution in [-0.2, 0) is 6.54 Å². The zero-order chi connectivity index (χ0) is 20.1. The molecule has 0 saturated heterocycles. The molecule has 146 valence electrons. The van der Waals surface area contributed by atoms with E-state index in [-0.39, 0.29) is 12.6 Å². The summed E-state index contributed by atoms with van der Waals surface area (Å²) in [6.07, 6.45) is 1.65. The second-order valence-electron chi connectivity index (χ2n) is 7.38. The van der Waals surface area contributed by atoms with Gasteiger partial charge in [-0.1, -0.05) is 64.1 Å². The first-order chi connectivity index (χ1) is 13.5. The molecule has 2 N–H and O–H groups in total. The van der Waals surface area contributed by atoms with Gasteiger partial charge in [-0.3, -0.25) is 4.57 Å². The Kier molecular flexibility index (Phi) is 6.09. The van der Waals surface area contributed by atoms with Crippen molar-refractivity contribution < 1.29 is 4.79 Å². The zero-order valence-electron chi connectivity index (χ0n) is 16.8. The Hall–Kier alpha value is -3.15. The highest BCUT2D eigenvalue weighted by Crippen LogP contribution is 2.32. The van der Waals surface area contributed by atoms with Gasteiger partial charge in [0.1, 0.15) is 6.33 Å². The number of amides is 2. The number of hydrogen-bond acceptors (Lipinski definition) is 3. The topological polar surface area (TPSA) is 71.8 Å². The van der Waals surface area contributed by atoms with Crippen LogP contribution in [0.15, 0.2) is 54.9 Å². The molecule has 28 heavy (non-hydrogen) atoms. The van der Waals surface area contributed by atoms with Crippen LogP contribution < -0.4 is 10.6 Å². The third kappa shape index (κ3) is 4.39. The van der Waals surface area contributed by atoms with Crippen molar-refractivity contribution in [2.24, 2.45) is 0 Å². The van der Waals surface area contributed by atoms with Crippen molar-refractivity contribution in [3.8, 4) is 5.69 Å². The van der Waals surface area contributed by atoms with E-state index in [4.69, 9.17) is 0 Å². The number of hydrogen-bond donors (Lipinski definition) is 2. The monoisotopic (exact) mass is 377 g/mol. The highest BCUT2D eigenvalue weighted by atomic mass is 16.2. The summed E-state index contributed by atoms with van der Waals surface area (Å²) in [7, 11) is 0. The number of aromatic nitrogens is 3. The summed E-state index contributed by atoms with van der Waals surface area (Å²) in [5.74, 6) is 1.30. The lowest BCUT2D eigenvalue weighted by molar-refractivity contribution is 0.251. The van der Waals surface area contributed by atoms with Gasteiger partial charge in [0.25, 0.3) is 0 Å². The number of urea groups is 1. The Balaban J connectivity index is 1.74. The lowest BCUT2D eigenvalue weighted by Gasteiger charge is -2.20. The summed E-state index contributed by atoms with van der Waals surface area (Å²) < 4.78 is 1.86. The van der Waals surface area contributed by atoms with Crippen molar-refractivity contribution in [1.82, 2.24) is 20.1 Å². The van der Waals surface area contributed by atoms with Gasteiger partial charge in [-0.25, -0.2) is 4.79 Å². The first-order valence-electron chi connectivity index (χ1n) is 9.59. The number of nitrogens with one attached hydrogen (secondary N) is 2. The molecule has 0 bridgehead atoms. The summed E-state index contributed by atoms with van der Waals surface area (Å²) >= 11 is 0. The average Bonchev–Trinajstić information content (AvgIpc) is 3.15. The van der Waals surface area contributed by atoms with Gasteiger partial charge in [0, 0.05) is 11.4 Å². The van der Waals surface area contributed by atoms with E-state index >= 15 is 0 Å². The number of anilines is 1. The Bertz CT molecular complexity index is 905. The van der Waals surface area contributed by atoms with Gasteiger partial charge in [-0.15, -0.1) is 10.2 Å². The van der Waals surface area contributed by atoms with Crippen LogP contribution in [0.25, 0.3) is 5.69 Å². The molecule has 6 heteroatoms. The molecule has 2 amide bonds. The van der Waals surface area contributed by atoms with E-state index in [1.807, 2.05) is 34.9 Å². The molecule has 0 spiro atoms. The predicted octanol–water partition coefficient (Wildman–Crippen LogP) is 4.84. The highest BCUT2D eigenvalue weighted by Gasteiger charge is 2.16. The van der Waals surface area contributed by atoms with Crippen LogP contribution in [0.3, 0.4) is 0 Å². The highest BCUT2D eigenvalue weighted by molar-refractivity contribution is 5.91. The van der Waals surface area contributed by atoms with E-state index in [2.05, 4.69) is 66.7 Å². The molecule has 0 aliphatic rings. The number of benzene rings is 2. The maximum Gasteiger partial charge on any atom is 0.319 e. The third-order valence-electron chi connectivity index (χ3n) is 4.67. The van der Waals surface area contributed by atoms with Gasteiger partial charge < -0.3 is 10.6 Å². The molecule has 6 nitrogen and oxygen atoms in total. The number of rotatable bonds is 6. The standard InChI is InChI=1S/C22H27N5O/c1-15(2)18-11-8-12-19(16(3)4)21(18)25-22(28)23-13-20-26-24-14-27(20)17-9-6-5-7-10-17/h5-12,14-16H,13H2,1-4H3,(H2,23,25,28). The molecule has 0 aliphatic carbocycles. The molecule has 3 rings (SSSR count). The van der Waals surface area contributed by atoms with E-state index in [0.717, 1.165) is 22.5 Å². The molecule has 0 unspecified atom stereocenters. The molecule has 3 aromatic rings. The van der Waals surface area contributed by atoms with Crippen molar-refractivity contribution in [3.63, 3.8) is 0 Å². The van der Waals surface area contributed by atoms with Crippen LogP contribution in [0.5, 0.6) is 0 Å². The zero-order valence-corrected chi connectivity index (χ0v) is 16.8. The second kappa shape index (κ2) is 8.69. The third-order valence-corrected chi connectivity index (χ3v) is 4.67. The number of carbonyl (C=O) groups excluding carboxylic acids is 1. The fraction of sp³-hybridized carbons (Fsp3) is 0.318. The summed E-state index contributed by atoms with van der Waals surface area (Å²) in [5, 5.41) is 14.1. The summed E-state index contributed by atoms with van der Waals surface area (Å²) in [6, 6.07) is 15.7. The van der Waals surface area contributed by atoms with Gasteiger partial charge in [0.05, 0.1) is 6.54 Å². The molecule has 2 aromatic carbocycles. The van der Waals surface area contributed by atoms with Crippen molar-refractivity contribution in [2.45, 2.75) is 46.1 Å². The average molecular weight is 377 g/mol. The van der Waals surface area contributed by atoms with Gasteiger partial charge in [0.2, 0.25) is 0 Å². The van der Waals surface area contributed by atoms with Crippen molar-refractivity contribution in [1.29, 1.82) is 0 Å². The van der Waals surface area contributed by atoms with E-state index in [1.54, 1.807) is 6.33 Å². The largest absolute Gasteiger partial charge is 0.331 e.